The van der Waals surface area contributed by atoms with Gasteiger partial charge in [0.05, 0.1) is 8.07 Å². The molecule has 0 amide bonds. The number of halogens is 3. The molecule has 0 aromatic carbocycles. The molecule has 0 saturated carbocycles. The van der Waals surface area contributed by atoms with Crippen molar-refractivity contribution in [3.63, 3.8) is 0 Å². The van der Waals surface area contributed by atoms with Gasteiger partial charge in [0.2, 0.25) is 0 Å². The minimum Gasteiger partial charge on any atom is -0.447 e. The van der Waals surface area contributed by atoms with Gasteiger partial charge in [0.15, 0.2) is 0 Å². The SMILES string of the molecule is C[Si](C)(C)COC[B-](F)(F)F. The summed E-state index contributed by atoms with van der Waals surface area (Å²) in [6.45, 7) is 0.0994. The van der Waals surface area contributed by atoms with Crippen molar-refractivity contribution < 1.29 is 17.7 Å². The molecule has 0 fully saturated rings. The summed E-state index contributed by atoms with van der Waals surface area (Å²) in [5, 5.41) is 0. The highest BCUT2D eigenvalue weighted by Gasteiger charge is 2.24. The molecule has 0 aliphatic carbocycles. The Morgan fingerprint density at radius 1 is 1.18 bits per heavy atom. The predicted molar refractivity (Wildman–Crippen MR) is 43.2 cm³/mol. The van der Waals surface area contributed by atoms with E-state index < -0.39 is 21.6 Å². The Morgan fingerprint density at radius 3 is 1.91 bits per heavy atom. The Balaban J connectivity index is 3.44. The van der Waals surface area contributed by atoms with Crippen molar-refractivity contribution in [1.29, 1.82) is 0 Å². The number of ether oxygens (including phenoxy) is 1. The molecule has 1 nitrogen and oxygen atoms in total. The van der Waals surface area contributed by atoms with Gasteiger partial charge < -0.3 is 17.7 Å². The first-order valence-electron chi connectivity index (χ1n) is 3.49. The lowest BCUT2D eigenvalue weighted by Crippen LogP contribution is -2.33. The maximum Gasteiger partial charge on any atom is 0.503 e. The smallest absolute Gasteiger partial charge is 0.447 e. The fourth-order valence-electron chi connectivity index (χ4n) is 0.499. The van der Waals surface area contributed by atoms with Crippen LogP contribution in [0.3, 0.4) is 0 Å². The Morgan fingerprint density at radius 2 is 1.64 bits per heavy atom. The Kier molecular flexibility index (Phi) is 3.63. The third-order valence-electron chi connectivity index (χ3n) is 0.842. The van der Waals surface area contributed by atoms with Crippen LogP contribution in [0, 0.1) is 0 Å². The van der Waals surface area contributed by atoms with Crippen molar-refractivity contribution in [1.82, 2.24) is 0 Å². The van der Waals surface area contributed by atoms with Gasteiger partial charge in [-0.1, -0.05) is 19.6 Å². The van der Waals surface area contributed by atoms with E-state index in [4.69, 9.17) is 0 Å². The van der Waals surface area contributed by atoms with E-state index in [1.54, 1.807) is 0 Å². The van der Waals surface area contributed by atoms with E-state index in [1.165, 1.54) is 0 Å². The normalized spacial score (nSPS) is 13.6. The molecule has 0 aliphatic rings. The molecular formula is C5H13BF3OSi-. The van der Waals surface area contributed by atoms with Crippen LogP contribution in [0.25, 0.3) is 0 Å². The molecule has 0 saturated heterocycles. The van der Waals surface area contributed by atoms with Gasteiger partial charge in [0, 0.05) is 12.7 Å². The van der Waals surface area contributed by atoms with Gasteiger partial charge in [-0.25, -0.2) is 0 Å². The molecule has 0 aromatic rings. The number of hydrogen-bond acceptors (Lipinski definition) is 1. The molecule has 0 N–H and O–H groups in total. The largest absolute Gasteiger partial charge is 0.503 e. The average Bonchev–Trinajstić information content (AvgIpc) is 1.55. The Hall–Kier alpha value is 0.0318. The Bertz CT molecular complexity index is 106. The van der Waals surface area contributed by atoms with Gasteiger partial charge in [-0.3, -0.25) is 0 Å². The van der Waals surface area contributed by atoms with E-state index in [0.717, 1.165) is 0 Å². The summed E-state index contributed by atoms with van der Waals surface area (Å²) in [6, 6.07) is 0. The molecule has 0 unspecified atom stereocenters. The molecule has 0 radical (unpaired) electrons. The summed E-state index contributed by atoms with van der Waals surface area (Å²) in [5.41, 5.74) is 0. The number of hydrogen-bond donors (Lipinski definition) is 0. The van der Waals surface area contributed by atoms with E-state index in [2.05, 4.69) is 4.74 Å². The maximum atomic E-state index is 11.6. The van der Waals surface area contributed by atoms with Crippen molar-refractivity contribution in [3.8, 4) is 0 Å². The van der Waals surface area contributed by atoms with E-state index in [1.807, 2.05) is 19.6 Å². The standard InChI is InChI=1S/C5H13BF3OSi/c1-11(2,3)5-10-4-6(7,8)9/h4-5H2,1-3H3/q-1. The first kappa shape index (κ1) is 11.0. The maximum absolute atomic E-state index is 11.6. The summed E-state index contributed by atoms with van der Waals surface area (Å²) in [5.74, 6) is 0. The van der Waals surface area contributed by atoms with Crippen LogP contribution in [0.4, 0.5) is 12.9 Å². The zero-order valence-corrected chi connectivity index (χ0v) is 8.03. The Labute approximate surface area is 66.0 Å². The highest BCUT2D eigenvalue weighted by molar-refractivity contribution is 6.76. The van der Waals surface area contributed by atoms with Crippen LogP contribution < -0.4 is 0 Å². The van der Waals surface area contributed by atoms with Crippen molar-refractivity contribution >= 4 is 15.1 Å². The summed E-state index contributed by atoms with van der Waals surface area (Å²) in [7, 11) is -1.47. The second-order valence-electron chi connectivity index (χ2n) is 3.79. The molecule has 0 spiro atoms. The summed E-state index contributed by atoms with van der Waals surface area (Å²) >= 11 is 0. The van der Waals surface area contributed by atoms with Gasteiger partial charge in [0.25, 0.3) is 0 Å². The summed E-state index contributed by atoms with van der Waals surface area (Å²) in [4.78, 5) is 0. The van der Waals surface area contributed by atoms with Crippen LogP contribution in [0.2, 0.25) is 19.6 Å². The second-order valence-corrected chi connectivity index (χ2v) is 9.20. The van der Waals surface area contributed by atoms with Crippen LogP contribution in [0.5, 0.6) is 0 Å². The van der Waals surface area contributed by atoms with Gasteiger partial charge in [-0.15, -0.1) is 0 Å². The average molecular weight is 185 g/mol. The fraction of sp³-hybridized carbons (Fsp3) is 1.00. The van der Waals surface area contributed by atoms with Crippen LogP contribution >= 0.6 is 0 Å². The molecular weight excluding hydrogens is 172 g/mol. The zero-order chi connectivity index (χ0) is 9.12. The lowest BCUT2D eigenvalue weighted by molar-refractivity contribution is 0.188. The molecule has 11 heavy (non-hydrogen) atoms. The van der Waals surface area contributed by atoms with Crippen molar-refractivity contribution in [2.24, 2.45) is 0 Å². The van der Waals surface area contributed by atoms with Crippen LogP contribution in [0.1, 0.15) is 0 Å². The quantitative estimate of drug-likeness (QED) is 0.610. The van der Waals surface area contributed by atoms with Crippen LogP contribution in [-0.2, 0) is 4.74 Å². The molecule has 0 bridgehead atoms. The lowest BCUT2D eigenvalue weighted by atomic mass is 9.95. The zero-order valence-electron chi connectivity index (χ0n) is 7.03. The second kappa shape index (κ2) is 3.62. The first-order chi connectivity index (χ1) is 4.71. The van der Waals surface area contributed by atoms with Crippen molar-refractivity contribution in [2.75, 3.05) is 12.7 Å². The predicted octanol–water partition coefficient (Wildman–Crippen LogP) is 2.27. The minimum absolute atomic E-state index is 0.286. The van der Waals surface area contributed by atoms with E-state index in [0.29, 0.717) is 0 Å². The molecule has 0 heterocycles. The van der Waals surface area contributed by atoms with E-state index >= 15 is 0 Å². The van der Waals surface area contributed by atoms with Crippen LogP contribution in [0.15, 0.2) is 0 Å². The lowest BCUT2D eigenvalue weighted by Gasteiger charge is -2.19. The van der Waals surface area contributed by atoms with Gasteiger partial charge in [-0.2, -0.15) is 0 Å². The van der Waals surface area contributed by atoms with E-state index in [9.17, 15) is 12.9 Å². The van der Waals surface area contributed by atoms with Gasteiger partial charge in [0.1, 0.15) is 0 Å². The van der Waals surface area contributed by atoms with Crippen molar-refractivity contribution in [2.45, 2.75) is 19.6 Å². The monoisotopic (exact) mass is 185 g/mol. The van der Waals surface area contributed by atoms with Crippen LogP contribution in [-0.4, -0.2) is 27.8 Å². The number of rotatable bonds is 4. The topological polar surface area (TPSA) is 9.23 Å². The summed E-state index contributed by atoms with van der Waals surface area (Å²) in [6.07, 6.45) is 0.286. The molecule has 0 aromatic heterocycles. The highest BCUT2D eigenvalue weighted by atomic mass is 28.3. The fourth-order valence-corrected chi connectivity index (χ4v) is 1.23. The molecule has 6 heteroatoms. The molecule has 0 aliphatic heterocycles. The minimum atomic E-state index is -4.76. The van der Waals surface area contributed by atoms with Gasteiger partial charge in [-0.05, 0) is 0 Å². The highest BCUT2D eigenvalue weighted by Crippen LogP contribution is 2.09. The third-order valence-corrected chi connectivity index (χ3v) is 1.91. The summed E-state index contributed by atoms with van der Waals surface area (Å²) < 4.78 is 39.3. The molecule has 68 valence electrons. The third kappa shape index (κ3) is 10.0. The first-order valence-corrected chi connectivity index (χ1v) is 7.20. The van der Waals surface area contributed by atoms with Crippen molar-refractivity contribution in [3.05, 3.63) is 0 Å². The van der Waals surface area contributed by atoms with Gasteiger partial charge >= 0.3 is 6.98 Å². The molecule has 0 rings (SSSR count). The van der Waals surface area contributed by atoms with E-state index in [-0.39, 0.29) is 6.23 Å². The molecule has 0 atom stereocenters.